The summed E-state index contributed by atoms with van der Waals surface area (Å²) in [6.45, 7) is 3.76. The summed E-state index contributed by atoms with van der Waals surface area (Å²) >= 11 is 3.27. The number of amides is 1. The van der Waals surface area contributed by atoms with Crippen LogP contribution in [0, 0.1) is 0 Å². The molecule has 70 valence electrons. The number of hydrogen-bond donors (Lipinski definition) is 1. The molecule has 0 atom stereocenters. The highest BCUT2D eigenvalue weighted by molar-refractivity contribution is 9.09. The molecule has 0 aromatic heterocycles. The van der Waals surface area contributed by atoms with Crippen LogP contribution in [0.1, 0.15) is 12.8 Å². The van der Waals surface area contributed by atoms with E-state index in [-0.39, 0.29) is 5.91 Å². The van der Waals surface area contributed by atoms with E-state index in [2.05, 4.69) is 21.2 Å². The van der Waals surface area contributed by atoms with E-state index >= 15 is 0 Å². The fourth-order valence-corrected chi connectivity index (χ4v) is 1.67. The Balaban J connectivity index is 2.32. The summed E-state index contributed by atoms with van der Waals surface area (Å²) < 4.78 is 0. The van der Waals surface area contributed by atoms with Crippen molar-refractivity contribution in [2.75, 3.05) is 31.5 Å². The third kappa shape index (κ3) is 3.11. The molecule has 3 nitrogen and oxygen atoms in total. The zero-order valence-corrected chi connectivity index (χ0v) is 8.77. The first-order chi connectivity index (χ1) is 5.84. The van der Waals surface area contributed by atoms with Gasteiger partial charge in [-0.1, -0.05) is 15.9 Å². The molecule has 0 radical (unpaired) electrons. The number of nitrogens with zero attached hydrogens (tertiary/aromatic N) is 1. The fraction of sp³-hybridized carbons (Fsp3) is 0.875. The smallest absolute Gasteiger partial charge is 0.223 e. The Bertz CT molecular complexity index is 144. The highest BCUT2D eigenvalue weighted by Crippen LogP contribution is 2.00. The molecular weight excluding hydrogens is 220 g/mol. The first-order valence-corrected chi connectivity index (χ1v) is 5.51. The molecule has 1 fully saturated rings. The van der Waals surface area contributed by atoms with Crippen LogP contribution in [0.25, 0.3) is 0 Å². The van der Waals surface area contributed by atoms with E-state index in [1.165, 1.54) is 0 Å². The minimum absolute atomic E-state index is 0.274. The lowest BCUT2D eigenvalue weighted by Gasteiger charge is -2.19. The predicted octanol–water partition coefficient (Wildman–Crippen LogP) is 0.593. The van der Waals surface area contributed by atoms with Crippen molar-refractivity contribution < 1.29 is 4.79 Å². The molecule has 1 N–H and O–H groups in total. The largest absolute Gasteiger partial charge is 0.341 e. The van der Waals surface area contributed by atoms with Gasteiger partial charge in [-0.2, -0.15) is 0 Å². The molecule has 1 saturated heterocycles. The Hall–Kier alpha value is -0.0900. The fourth-order valence-electron chi connectivity index (χ4n) is 1.33. The topological polar surface area (TPSA) is 32.3 Å². The summed E-state index contributed by atoms with van der Waals surface area (Å²) in [5.41, 5.74) is 0. The van der Waals surface area contributed by atoms with Gasteiger partial charge >= 0.3 is 0 Å². The molecule has 0 spiro atoms. The summed E-state index contributed by atoms with van der Waals surface area (Å²) in [6, 6.07) is 0. The lowest BCUT2D eigenvalue weighted by molar-refractivity contribution is -0.130. The van der Waals surface area contributed by atoms with Gasteiger partial charge in [0.15, 0.2) is 0 Å². The molecule has 12 heavy (non-hydrogen) atoms. The zero-order chi connectivity index (χ0) is 8.81. The number of rotatable bonds is 2. The second-order valence-corrected chi connectivity index (χ2v) is 3.72. The molecule has 0 aromatic carbocycles. The Morgan fingerprint density at radius 3 is 3.00 bits per heavy atom. The van der Waals surface area contributed by atoms with Crippen LogP contribution >= 0.6 is 15.9 Å². The zero-order valence-electron chi connectivity index (χ0n) is 7.18. The molecule has 4 heteroatoms. The number of carbonyl (C=O) groups excluding carboxylic acids is 1. The van der Waals surface area contributed by atoms with E-state index in [4.69, 9.17) is 0 Å². The van der Waals surface area contributed by atoms with Crippen molar-refractivity contribution in [3.05, 3.63) is 0 Å². The summed E-state index contributed by atoms with van der Waals surface area (Å²) in [7, 11) is 0. The monoisotopic (exact) mass is 234 g/mol. The Morgan fingerprint density at radius 2 is 2.25 bits per heavy atom. The number of nitrogens with one attached hydrogen (secondary N) is 1. The highest BCUT2D eigenvalue weighted by atomic mass is 79.9. The van der Waals surface area contributed by atoms with Gasteiger partial charge < -0.3 is 10.2 Å². The first kappa shape index (κ1) is 9.99. The van der Waals surface area contributed by atoms with Crippen molar-refractivity contribution >= 4 is 21.8 Å². The molecule has 0 saturated carbocycles. The van der Waals surface area contributed by atoms with E-state index < -0.39 is 0 Å². The van der Waals surface area contributed by atoms with E-state index in [0.29, 0.717) is 6.42 Å². The molecule has 1 aliphatic rings. The maximum atomic E-state index is 11.4. The van der Waals surface area contributed by atoms with Gasteiger partial charge in [0.1, 0.15) is 0 Å². The minimum atomic E-state index is 0.274. The number of carbonyl (C=O) groups is 1. The summed E-state index contributed by atoms with van der Waals surface area (Å²) in [4.78, 5) is 13.4. The van der Waals surface area contributed by atoms with Crippen molar-refractivity contribution in [1.82, 2.24) is 10.2 Å². The summed E-state index contributed by atoms with van der Waals surface area (Å²) in [5, 5.41) is 4.04. The Kier molecular flexibility index (Phi) is 4.61. The van der Waals surface area contributed by atoms with Crippen molar-refractivity contribution in [2.45, 2.75) is 12.8 Å². The van der Waals surface area contributed by atoms with Crippen molar-refractivity contribution in [1.29, 1.82) is 0 Å². The van der Waals surface area contributed by atoms with Gasteiger partial charge in [0.25, 0.3) is 0 Å². The first-order valence-electron chi connectivity index (χ1n) is 4.39. The van der Waals surface area contributed by atoms with Gasteiger partial charge in [-0.05, 0) is 13.0 Å². The van der Waals surface area contributed by atoms with Crippen LogP contribution in [0.15, 0.2) is 0 Å². The summed E-state index contributed by atoms with van der Waals surface area (Å²) in [6.07, 6.45) is 1.70. The summed E-state index contributed by atoms with van der Waals surface area (Å²) in [5.74, 6) is 0.274. The van der Waals surface area contributed by atoms with Crippen LogP contribution < -0.4 is 5.32 Å². The van der Waals surface area contributed by atoms with Crippen LogP contribution in [0.5, 0.6) is 0 Å². The van der Waals surface area contributed by atoms with Crippen LogP contribution in [0.3, 0.4) is 0 Å². The molecule has 0 aliphatic carbocycles. The minimum Gasteiger partial charge on any atom is -0.341 e. The second kappa shape index (κ2) is 5.54. The van der Waals surface area contributed by atoms with E-state index in [9.17, 15) is 4.79 Å². The van der Waals surface area contributed by atoms with Crippen LogP contribution in [-0.4, -0.2) is 42.3 Å². The highest BCUT2D eigenvalue weighted by Gasteiger charge is 2.13. The maximum Gasteiger partial charge on any atom is 0.223 e. The number of alkyl halides is 1. The SMILES string of the molecule is O=C(CCBr)N1CCCNCC1. The van der Waals surface area contributed by atoms with Crippen LogP contribution in [0.4, 0.5) is 0 Å². The Morgan fingerprint density at radius 1 is 1.42 bits per heavy atom. The molecule has 1 amide bonds. The van der Waals surface area contributed by atoms with Crippen LogP contribution in [0.2, 0.25) is 0 Å². The molecule has 1 aliphatic heterocycles. The van der Waals surface area contributed by atoms with Crippen LogP contribution in [-0.2, 0) is 4.79 Å². The average molecular weight is 235 g/mol. The third-order valence-corrected chi connectivity index (χ3v) is 2.40. The average Bonchev–Trinajstić information content (AvgIpc) is 2.32. The normalized spacial score (nSPS) is 18.9. The Labute approximate surface area is 81.6 Å². The lowest BCUT2D eigenvalue weighted by Crippen LogP contribution is -2.34. The second-order valence-electron chi connectivity index (χ2n) is 2.92. The standard InChI is InChI=1S/C8H15BrN2O/c9-3-2-8(12)11-6-1-4-10-5-7-11/h10H,1-7H2. The number of hydrogen-bond acceptors (Lipinski definition) is 2. The molecular formula is C8H15BrN2O. The molecule has 0 bridgehead atoms. The molecule has 1 heterocycles. The predicted molar refractivity (Wildman–Crippen MR) is 52.5 cm³/mol. The maximum absolute atomic E-state index is 11.4. The van der Waals surface area contributed by atoms with Crippen molar-refractivity contribution in [3.8, 4) is 0 Å². The molecule has 0 unspecified atom stereocenters. The van der Waals surface area contributed by atoms with E-state index in [1.54, 1.807) is 0 Å². The van der Waals surface area contributed by atoms with Gasteiger partial charge in [0, 0.05) is 31.4 Å². The third-order valence-electron chi connectivity index (χ3n) is 2.00. The van der Waals surface area contributed by atoms with Crippen molar-refractivity contribution in [2.24, 2.45) is 0 Å². The van der Waals surface area contributed by atoms with Gasteiger partial charge in [-0.3, -0.25) is 4.79 Å². The molecule has 1 rings (SSSR count). The lowest BCUT2D eigenvalue weighted by atomic mass is 10.3. The quantitative estimate of drug-likeness (QED) is 0.710. The molecule has 0 aromatic rings. The number of halogens is 1. The van der Waals surface area contributed by atoms with Crippen molar-refractivity contribution in [3.63, 3.8) is 0 Å². The van der Waals surface area contributed by atoms with Gasteiger partial charge in [-0.15, -0.1) is 0 Å². The van der Waals surface area contributed by atoms with E-state index in [0.717, 1.165) is 37.9 Å². The van der Waals surface area contributed by atoms with E-state index in [1.807, 2.05) is 4.90 Å². The van der Waals surface area contributed by atoms with Gasteiger partial charge in [0.2, 0.25) is 5.91 Å². The van der Waals surface area contributed by atoms with Gasteiger partial charge in [0.05, 0.1) is 0 Å². The van der Waals surface area contributed by atoms with Gasteiger partial charge in [-0.25, -0.2) is 0 Å².